The second-order valence-corrected chi connectivity index (χ2v) is 6.99. The van der Waals surface area contributed by atoms with Gasteiger partial charge in [0.15, 0.2) is 23.3 Å². The molecule has 0 saturated heterocycles. The fourth-order valence-corrected chi connectivity index (χ4v) is 3.19. The van der Waals surface area contributed by atoms with Crippen LogP contribution in [0.4, 0.5) is 5.69 Å². The van der Waals surface area contributed by atoms with E-state index in [1.807, 2.05) is 31.2 Å². The maximum absolute atomic E-state index is 12.2. The number of amides is 2. The Morgan fingerprint density at radius 3 is 2.71 bits per heavy atom. The maximum atomic E-state index is 12.2. The van der Waals surface area contributed by atoms with E-state index < -0.39 is 0 Å². The van der Waals surface area contributed by atoms with Crippen LogP contribution in [0.3, 0.4) is 0 Å². The number of aryl methyl sites for hydroxylation is 1. The van der Waals surface area contributed by atoms with Gasteiger partial charge in [0.25, 0.3) is 11.8 Å². The predicted octanol–water partition coefficient (Wildman–Crippen LogP) is 2.95. The van der Waals surface area contributed by atoms with Crippen molar-refractivity contribution in [3.63, 3.8) is 0 Å². The number of carbonyl (C=O) groups excluding carboxylic acids is 2. The van der Waals surface area contributed by atoms with E-state index in [1.54, 1.807) is 24.3 Å². The Balaban J connectivity index is 1.66. The van der Waals surface area contributed by atoms with Crippen LogP contribution in [0.5, 0.6) is 11.5 Å². The standard InChI is InChI=1S/C20H19N3O4S/c1-12-5-3-4-6-14(12)22-18(24)11-27-15-8-7-13(9-16(15)26-2)10-17-19(25)23-20(21)28-17/h3-10H,11H2,1-2H3,(H,22,24)(H2,21,23,25)/b17-10-. The molecule has 1 aliphatic rings. The Morgan fingerprint density at radius 2 is 2.04 bits per heavy atom. The Kier molecular flexibility index (Phi) is 6.00. The normalized spacial score (nSPS) is 14.7. The number of carbonyl (C=O) groups is 2. The average Bonchev–Trinajstić information content (AvgIpc) is 2.99. The van der Waals surface area contributed by atoms with Crippen molar-refractivity contribution in [3.05, 3.63) is 58.5 Å². The van der Waals surface area contributed by atoms with Gasteiger partial charge in [-0.2, -0.15) is 4.99 Å². The first-order chi connectivity index (χ1) is 13.5. The first-order valence-corrected chi connectivity index (χ1v) is 9.22. The molecule has 0 unspecified atom stereocenters. The minimum Gasteiger partial charge on any atom is -0.493 e. The van der Waals surface area contributed by atoms with E-state index in [2.05, 4.69) is 10.3 Å². The Bertz CT molecular complexity index is 985. The molecule has 0 aliphatic carbocycles. The molecule has 0 saturated carbocycles. The Labute approximate surface area is 166 Å². The van der Waals surface area contributed by atoms with Gasteiger partial charge in [0.05, 0.1) is 12.0 Å². The lowest BCUT2D eigenvalue weighted by atomic mass is 10.2. The number of rotatable bonds is 6. The first kappa shape index (κ1) is 19.5. The van der Waals surface area contributed by atoms with E-state index in [0.717, 1.165) is 28.6 Å². The van der Waals surface area contributed by atoms with Crippen molar-refractivity contribution in [2.45, 2.75) is 6.92 Å². The number of amidine groups is 1. The summed E-state index contributed by atoms with van der Waals surface area (Å²) in [4.78, 5) is 28.0. The minimum atomic E-state index is -0.366. The molecule has 144 valence electrons. The minimum absolute atomic E-state index is 0.163. The lowest BCUT2D eigenvalue weighted by molar-refractivity contribution is -0.118. The van der Waals surface area contributed by atoms with Gasteiger partial charge in [0.1, 0.15) is 0 Å². The zero-order valence-corrected chi connectivity index (χ0v) is 16.2. The van der Waals surface area contributed by atoms with Crippen LogP contribution in [0.1, 0.15) is 11.1 Å². The third-order valence-corrected chi connectivity index (χ3v) is 4.71. The number of nitrogens with two attached hydrogens (primary N) is 1. The number of hydrogen-bond acceptors (Lipinski definition) is 6. The second kappa shape index (κ2) is 8.62. The first-order valence-electron chi connectivity index (χ1n) is 8.40. The van der Waals surface area contributed by atoms with Crippen molar-refractivity contribution < 1.29 is 19.1 Å². The van der Waals surface area contributed by atoms with Crippen LogP contribution in [-0.4, -0.2) is 30.7 Å². The van der Waals surface area contributed by atoms with E-state index in [9.17, 15) is 9.59 Å². The molecule has 0 atom stereocenters. The fraction of sp³-hybridized carbons (Fsp3) is 0.150. The van der Waals surface area contributed by atoms with Gasteiger partial charge in [-0.05, 0) is 54.1 Å². The summed E-state index contributed by atoms with van der Waals surface area (Å²) >= 11 is 1.12. The van der Waals surface area contributed by atoms with Crippen LogP contribution in [0.25, 0.3) is 6.08 Å². The highest BCUT2D eigenvalue weighted by atomic mass is 32.2. The summed E-state index contributed by atoms with van der Waals surface area (Å²) in [5.41, 5.74) is 7.99. The lowest BCUT2D eigenvalue weighted by Crippen LogP contribution is -2.20. The van der Waals surface area contributed by atoms with Crippen molar-refractivity contribution in [2.24, 2.45) is 10.7 Å². The summed E-state index contributed by atoms with van der Waals surface area (Å²) in [6.45, 7) is 1.75. The molecule has 3 N–H and O–H groups in total. The number of anilines is 1. The van der Waals surface area contributed by atoms with Crippen molar-refractivity contribution in [3.8, 4) is 11.5 Å². The number of thioether (sulfide) groups is 1. The smallest absolute Gasteiger partial charge is 0.286 e. The van der Waals surface area contributed by atoms with Crippen molar-refractivity contribution in [1.82, 2.24) is 0 Å². The SMILES string of the molecule is COc1cc(/C=C2\SC(N)=NC2=O)ccc1OCC(=O)Nc1ccccc1C. The quantitative estimate of drug-likeness (QED) is 0.727. The van der Waals surface area contributed by atoms with Gasteiger partial charge in [-0.1, -0.05) is 24.3 Å². The third-order valence-electron chi connectivity index (χ3n) is 3.90. The number of ether oxygens (including phenoxy) is 2. The molecule has 0 radical (unpaired) electrons. The fourth-order valence-electron chi connectivity index (χ4n) is 2.51. The number of methoxy groups -OCH3 is 1. The van der Waals surface area contributed by atoms with Gasteiger partial charge >= 0.3 is 0 Å². The van der Waals surface area contributed by atoms with Gasteiger partial charge in [-0.15, -0.1) is 0 Å². The van der Waals surface area contributed by atoms with Crippen molar-refractivity contribution in [1.29, 1.82) is 0 Å². The molecule has 1 heterocycles. The molecular weight excluding hydrogens is 378 g/mol. The molecule has 28 heavy (non-hydrogen) atoms. The molecule has 2 amide bonds. The number of nitrogens with one attached hydrogen (secondary N) is 1. The second-order valence-electron chi connectivity index (χ2n) is 5.93. The average molecular weight is 397 g/mol. The summed E-state index contributed by atoms with van der Waals surface area (Å²) in [5.74, 6) is 0.228. The van der Waals surface area contributed by atoms with Crippen LogP contribution in [-0.2, 0) is 9.59 Å². The molecule has 7 nitrogen and oxygen atoms in total. The zero-order valence-electron chi connectivity index (χ0n) is 15.4. The molecule has 8 heteroatoms. The molecule has 0 spiro atoms. The van der Waals surface area contributed by atoms with Crippen LogP contribution in [0, 0.1) is 6.92 Å². The van der Waals surface area contributed by atoms with E-state index in [4.69, 9.17) is 15.2 Å². The van der Waals surface area contributed by atoms with Crippen LogP contribution < -0.4 is 20.5 Å². The summed E-state index contributed by atoms with van der Waals surface area (Å²) in [6.07, 6.45) is 1.67. The highest BCUT2D eigenvalue weighted by Crippen LogP contribution is 2.31. The maximum Gasteiger partial charge on any atom is 0.286 e. The molecule has 1 aliphatic heterocycles. The van der Waals surface area contributed by atoms with Crippen molar-refractivity contribution in [2.75, 3.05) is 19.0 Å². The molecule has 3 rings (SSSR count). The third kappa shape index (κ3) is 4.72. The molecule has 0 bridgehead atoms. The number of hydrogen-bond donors (Lipinski definition) is 2. The van der Waals surface area contributed by atoms with Crippen LogP contribution in [0.15, 0.2) is 52.4 Å². The van der Waals surface area contributed by atoms with E-state index in [-0.39, 0.29) is 23.6 Å². The summed E-state index contributed by atoms with van der Waals surface area (Å²) in [6, 6.07) is 12.7. The molecule has 0 fully saturated rings. The van der Waals surface area contributed by atoms with Gasteiger partial charge < -0.3 is 20.5 Å². The van der Waals surface area contributed by atoms with Gasteiger partial charge in [-0.3, -0.25) is 9.59 Å². The Morgan fingerprint density at radius 1 is 1.25 bits per heavy atom. The largest absolute Gasteiger partial charge is 0.493 e. The Hall–Kier alpha value is -3.26. The highest BCUT2D eigenvalue weighted by Gasteiger charge is 2.19. The predicted molar refractivity (Wildman–Crippen MR) is 110 cm³/mol. The summed E-state index contributed by atoms with van der Waals surface area (Å²) in [5, 5.41) is 3.03. The van der Waals surface area contributed by atoms with Crippen LogP contribution >= 0.6 is 11.8 Å². The molecule has 2 aromatic rings. The van der Waals surface area contributed by atoms with Crippen molar-refractivity contribution >= 4 is 40.5 Å². The van der Waals surface area contributed by atoms with Gasteiger partial charge in [0, 0.05) is 5.69 Å². The molecular formula is C20H19N3O4S. The van der Waals surface area contributed by atoms with E-state index in [0.29, 0.717) is 16.4 Å². The lowest BCUT2D eigenvalue weighted by Gasteiger charge is -2.12. The number of benzene rings is 2. The summed E-state index contributed by atoms with van der Waals surface area (Å²) < 4.78 is 10.9. The van der Waals surface area contributed by atoms with E-state index in [1.165, 1.54) is 7.11 Å². The topological polar surface area (TPSA) is 103 Å². The highest BCUT2D eigenvalue weighted by molar-refractivity contribution is 8.18. The van der Waals surface area contributed by atoms with Gasteiger partial charge in [-0.25, -0.2) is 0 Å². The summed E-state index contributed by atoms with van der Waals surface area (Å²) in [7, 11) is 1.50. The number of nitrogens with zero attached hydrogens (tertiary/aromatic N) is 1. The van der Waals surface area contributed by atoms with Gasteiger partial charge in [0.2, 0.25) is 0 Å². The number of para-hydroxylation sites is 1. The monoisotopic (exact) mass is 397 g/mol. The zero-order chi connectivity index (χ0) is 20.1. The number of aliphatic imine (C=N–C) groups is 1. The molecule has 0 aromatic heterocycles. The van der Waals surface area contributed by atoms with E-state index >= 15 is 0 Å². The molecule has 2 aromatic carbocycles. The van der Waals surface area contributed by atoms with Crippen LogP contribution in [0.2, 0.25) is 0 Å².